The van der Waals surface area contributed by atoms with Crippen LogP contribution in [-0.2, 0) is 6.42 Å². The lowest BCUT2D eigenvalue weighted by atomic mass is 10.1. The highest BCUT2D eigenvalue weighted by Crippen LogP contribution is 2.19. The smallest absolute Gasteiger partial charge is 0.159 e. The predicted octanol–water partition coefficient (Wildman–Crippen LogP) is 5.45. The molecule has 0 saturated heterocycles. The molecule has 0 fully saturated rings. The molecule has 0 N–H and O–H groups in total. The van der Waals surface area contributed by atoms with Crippen LogP contribution in [0, 0.1) is 0 Å². The maximum absolute atomic E-state index is 5.68. The van der Waals surface area contributed by atoms with Crippen LogP contribution < -0.4 is 4.74 Å². The van der Waals surface area contributed by atoms with E-state index in [1.165, 1.54) is 31.2 Å². The second-order valence-corrected chi connectivity index (χ2v) is 5.95. The maximum Gasteiger partial charge on any atom is 0.159 e. The second-order valence-electron chi connectivity index (χ2n) is 5.95. The molecule has 0 aliphatic heterocycles. The standard InChI is InChI=1S/C20H28N2O/c1-3-5-7-8-9-17-15-21-20(22-16-17)18-10-12-19(13-11-18)23-14-6-4-2/h10-13,15-16H,3-9,14H2,1-2H3. The quantitative estimate of drug-likeness (QED) is 0.547. The van der Waals surface area contributed by atoms with Crippen LogP contribution in [0.1, 0.15) is 57.9 Å². The van der Waals surface area contributed by atoms with Gasteiger partial charge in [0.05, 0.1) is 6.61 Å². The second kappa shape index (κ2) is 9.98. The van der Waals surface area contributed by atoms with Gasteiger partial charge in [-0.05, 0) is 49.1 Å². The molecule has 0 amide bonds. The van der Waals surface area contributed by atoms with E-state index in [1.807, 2.05) is 36.7 Å². The molecule has 1 aromatic heterocycles. The van der Waals surface area contributed by atoms with Crippen LogP contribution in [0.15, 0.2) is 36.7 Å². The molecule has 0 aliphatic carbocycles. The summed E-state index contributed by atoms with van der Waals surface area (Å²) in [6.45, 7) is 5.17. The number of ether oxygens (including phenoxy) is 1. The van der Waals surface area contributed by atoms with Crippen molar-refractivity contribution in [1.82, 2.24) is 9.97 Å². The Bertz CT molecular complexity index is 549. The molecule has 0 bridgehead atoms. The van der Waals surface area contributed by atoms with Gasteiger partial charge in [0.15, 0.2) is 5.82 Å². The average molecular weight is 312 g/mol. The molecule has 2 rings (SSSR count). The number of aromatic nitrogens is 2. The van der Waals surface area contributed by atoms with Gasteiger partial charge in [-0.25, -0.2) is 9.97 Å². The minimum absolute atomic E-state index is 0.777. The minimum atomic E-state index is 0.777. The zero-order valence-electron chi connectivity index (χ0n) is 14.4. The van der Waals surface area contributed by atoms with Gasteiger partial charge in [-0.15, -0.1) is 0 Å². The van der Waals surface area contributed by atoms with E-state index >= 15 is 0 Å². The van der Waals surface area contributed by atoms with E-state index in [1.54, 1.807) is 0 Å². The van der Waals surface area contributed by atoms with Crippen LogP contribution in [0.4, 0.5) is 0 Å². The maximum atomic E-state index is 5.68. The number of unbranched alkanes of at least 4 members (excludes halogenated alkanes) is 4. The number of aryl methyl sites for hydroxylation is 1. The van der Waals surface area contributed by atoms with Crippen LogP contribution in [0.25, 0.3) is 11.4 Å². The molecule has 124 valence electrons. The monoisotopic (exact) mass is 312 g/mol. The van der Waals surface area contributed by atoms with Crippen LogP contribution >= 0.6 is 0 Å². The van der Waals surface area contributed by atoms with Crippen molar-refractivity contribution in [2.45, 2.75) is 58.8 Å². The summed E-state index contributed by atoms with van der Waals surface area (Å²) in [5, 5.41) is 0. The van der Waals surface area contributed by atoms with E-state index < -0.39 is 0 Å². The lowest BCUT2D eigenvalue weighted by molar-refractivity contribution is 0.309. The predicted molar refractivity (Wildman–Crippen MR) is 95.7 cm³/mol. The third-order valence-electron chi connectivity index (χ3n) is 3.90. The Balaban J connectivity index is 1.88. The zero-order chi connectivity index (χ0) is 16.3. The molecule has 0 atom stereocenters. The van der Waals surface area contributed by atoms with Gasteiger partial charge >= 0.3 is 0 Å². The Morgan fingerprint density at radius 2 is 1.52 bits per heavy atom. The fraction of sp³-hybridized carbons (Fsp3) is 0.500. The third kappa shape index (κ3) is 6.01. The molecule has 0 unspecified atom stereocenters. The van der Waals surface area contributed by atoms with E-state index in [-0.39, 0.29) is 0 Å². The molecule has 0 spiro atoms. The highest BCUT2D eigenvalue weighted by molar-refractivity contribution is 5.55. The van der Waals surface area contributed by atoms with Gasteiger partial charge in [0.1, 0.15) is 5.75 Å². The molecule has 0 aliphatic rings. The van der Waals surface area contributed by atoms with Crippen molar-refractivity contribution in [1.29, 1.82) is 0 Å². The molecule has 2 aromatic rings. The Morgan fingerprint density at radius 1 is 0.826 bits per heavy atom. The fourth-order valence-electron chi connectivity index (χ4n) is 2.42. The molecule has 3 nitrogen and oxygen atoms in total. The van der Waals surface area contributed by atoms with E-state index in [9.17, 15) is 0 Å². The molecule has 1 heterocycles. The van der Waals surface area contributed by atoms with Crippen LogP contribution in [0.3, 0.4) is 0 Å². The first-order valence-electron chi connectivity index (χ1n) is 8.87. The Morgan fingerprint density at radius 3 is 2.17 bits per heavy atom. The lowest BCUT2D eigenvalue weighted by Crippen LogP contribution is -1.96. The summed E-state index contributed by atoms with van der Waals surface area (Å²) in [5.41, 5.74) is 2.26. The number of benzene rings is 1. The third-order valence-corrected chi connectivity index (χ3v) is 3.90. The van der Waals surface area contributed by atoms with Gasteiger partial charge in [0, 0.05) is 18.0 Å². The van der Waals surface area contributed by atoms with Crippen molar-refractivity contribution in [2.75, 3.05) is 6.61 Å². The molecule has 3 heteroatoms. The van der Waals surface area contributed by atoms with E-state index in [2.05, 4.69) is 23.8 Å². The van der Waals surface area contributed by atoms with E-state index in [0.717, 1.165) is 43.0 Å². The molecule has 0 saturated carbocycles. The van der Waals surface area contributed by atoms with Crippen molar-refractivity contribution in [2.24, 2.45) is 0 Å². The van der Waals surface area contributed by atoms with Gasteiger partial charge in [-0.3, -0.25) is 0 Å². The summed E-state index contributed by atoms with van der Waals surface area (Å²) in [6.07, 6.45) is 12.3. The molecular weight excluding hydrogens is 284 g/mol. The van der Waals surface area contributed by atoms with Crippen LogP contribution in [0.2, 0.25) is 0 Å². The normalized spacial score (nSPS) is 10.7. The molecule has 23 heavy (non-hydrogen) atoms. The highest BCUT2D eigenvalue weighted by Gasteiger charge is 2.02. The number of hydrogen-bond donors (Lipinski definition) is 0. The van der Waals surface area contributed by atoms with Gasteiger partial charge in [-0.2, -0.15) is 0 Å². The van der Waals surface area contributed by atoms with Crippen molar-refractivity contribution in [3.8, 4) is 17.1 Å². The fourth-order valence-corrected chi connectivity index (χ4v) is 2.42. The van der Waals surface area contributed by atoms with Gasteiger partial charge in [-0.1, -0.05) is 39.5 Å². The minimum Gasteiger partial charge on any atom is -0.494 e. The van der Waals surface area contributed by atoms with Crippen molar-refractivity contribution in [3.05, 3.63) is 42.2 Å². The van der Waals surface area contributed by atoms with E-state index in [4.69, 9.17) is 4.74 Å². The number of rotatable bonds is 10. The Labute approximate surface area is 140 Å². The van der Waals surface area contributed by atoms with Crippen LogP contribution in [0.5, 0.6) is 5.75 Å². The Kier molecular flexibility index (Phi) is 7.58. The molecule has 0 radical (unpaired) electrons. The first kappa shape index (κ1) is 17.5. The van der Waals surface area contributed by atoms with Crippen molar-refractivity contribution in [3.63, 3.8) is 0 Å². The first-order chi connectivity index (χ1) is 11.3. The molecule has 1 aromatic carbocycles. The topological polar surface area (TPSA) is 35.0 Å². The summed E-state index contributed by atoms with van der Waals surface area (Å²) >= 11 is 0. The summed E-state index contributed by atoms with van der Waals surface area (Å²) in [6, 6.07) is 8.04. The van der Waals surface area contributed by atoms with Crippen LogP contribution in [-0.4, -0.2) is 16.6 Å². The highest BCUT2D eigenvalue weighted by atomic mass is 16.5. The largest absolute Gasteiger partial charge is 0.494 e. The van der Waals surface area contributed by atoms with Crippen molar-refractivity contribution >= 4 is 0 Å². The Hall–Kier alpha value is -1.90. The van der Waals surface area contributed by atoms with Gasteiger partial charge in [0.2, 0.25) is 0 Å². The first-order valence-corrected chi connectivity index (χ1v) is 8.87. The summed E-state index contributed by atoms with van der Waals surface area (Å²) in [4.78, 5) is 9.00. The van der Waals surface area contributed by atoms with Crippen molar-refractivity contribution < 1.29 is 4.74 Å². The molecular formula is C20H28N2O. The van der Waals surface area contributed by atoms with Gasteiger partial charge in [0.25, 0.3) is 0 Å². The number of hydrogen-bond acceptors (Lipinski definition) is 3. The summed E-state index contributed by atoms with van der Waals surface area (Å²) < 4.78 is 5.68. The summed E-state index contributed by atoms with van der Waals surface area (Å²) in [5.74, 6) is 1.69. The summed E-state index contributed by atoms with van der Waals surface area (Å²) in [7, 11) is 0. The number of nitrogens with zero attached hydrogens (tertiary/aromatic N) is 2. The van der Waals surface area contributed by atoms with Gasteiger partial charge < -0.3 is 4.74 Å². The average Bonchev–Trinajstić information content (AvgIpc) is 2.60. The lowest BCUT2D eigenvalue weighted by Gasteiger charge is -2.06. The zero-order valence-corrected chi connectivity index (χ0v) is 14.4. The SMILES string of the molecule is CCCCCCc1cnc(-c2ccc(OCCCC)cc2)nc1. The van der Waals surface area contributed by atoms with E-state index in [0.29, 0.717) is 0 Å².